The minimum absolute atomic E-state index is 0.0110. The molecule has 0 radical (unpaired) electrons. The molecule has 3 nitrogen and oxygen atoms in total. The van der Waals surface area contributed by atoms with E-state index in [1.807, 2.05) is 43.3 Å². The molecule has 0 aliphatic rings. The van der Waals surface area contributed by atoms with Crippen LogP contribution in [0.25, 0.3) is 10.9 Å². The molecule has 0 spiro atoms. The third kappa shape index (κ3) is 2.36. The number of aromatic amines is 1. The molecule has 0 aliphatic carbocycles. The second kappa shape index (κ2) is 4.61. The van der Waals surface area contributed by atoms with Crippen LogP contribution in [0.5, 0.6) is 11.5 Å². The van der Waals surface area contributed by atoms with Gasteiger partial charge in [0, 0.05) is 23.2 Å². The number of hydrogen-bond acceptors (Lipinski definition) is 2. The van der Waals surface area contributed by atoms with Crippen LogP contribution in [0.4, 0.5) is 0 Å². The first kappa shape index (κ1) is 11.5. The molecule has 0 fully saturated rings. The van der Waals surface area contributed by atoms with Crippen LogP contribution < -0.4 is 10.2 Å². The minimum Gasteiger partial charge on any atom is -0.457 e. The van der Waals surface area contributed by atoms with Crippen LogP contribution in [0, 0.1) is 6.92 Å². The SMILES string of the molecule is Cc1ccc(Oc2ccc3[nH]ccc(=O)c3c2)cc1. The van der Waals surface area contributed by atoms with Crippen molar-refractivity contribution in [1.82, 2.24) is 4.98 Å². The fourth-order valence-electron chi connectivity index (χ4n) is 1.96. The van der Waals surface area contributed by atoms with Crippen LogP contribution >= 0.6 is 0 Å². The second-order valence-corrected chi connectivity index (χ2v) is 4.46. The molecule has 0 unspecified atom stereocenters. The van der Waals surface area contributed by atoms with Crippen molar-refractivity contribution in [3.05, 3.63) is 70.5 Å². The fraction of sp³-hybridized carbons (Fsp3) is 0.0625. The summed E-state index contributed by atoms with van der Waals surface area (Å²) < 4.78 is 5.74. The largest absolute Gasteiger partial charge is 0.457 e. The van der Waals surface area contributed by atoms with Gasteiger partial charge in [-0.25, -0.2) is 0 Å². The van der Waals surface area contributed by atoms with E-state index < -0.39 is 0 Å². The average Bonchev–Trinajstić information content (AvgIpc) is 2.42. The molecule has 0 aliphatic heterocycles. The van der Waals surface area contributed by atoms with Gasteiger partial charge >= 0.3 is 0 Å². The van der Waals surface area contributed by atoms with Crippen molar-refractivity contribution in [3.8, 4) is 11.5 Å². The summed E-state index contributed by atoms with van der Waals surface area (Å²) in [4.78, 5) is 14.8. The van der Waals surface area contributed by atoms with Gasteiger partial charge in [0.05, 0.1) is 0 Å². The molecule has 2 aromatic carbocycles. The number of aromatic nitrogens is 1. The number of rotatable bonds is 2. The van der Waals surface area contributed by atoms with Gasteiger partial charge in [0.25, 0.3) is 0 Å². The minimum atomic E-state index is -0.0110. The Balaban J connectivity index is 1.99. The van der Waals surface area contributed by atoms with Gasteiger partial charge in [-0.05, 0) is 37.3 Å². The van der Waals surface area contributed by atoms with Crippen LogP contribution in [-0.4, -0.2) is 4.98 Å². The maximum absolute atomic E-state index is 11.8. The van der Waals surface area contributed by atoms with Gasteiger partial charge in [0.15, 0.2) is 5.43 Å². The molecule has 3 aromatic rings. The van der Waals surface area contributed by atoms with Crippen molar-refractivity contribution in [3.63, 3.8) is 0 Å². The Morgan fingerprint density at radius 2 is 1.68 bits per heavy atom. The first-order valence-corrected chi connectivity index (χ1v) is 6.08. The summed E-state index contributed by atoms with van der Waals surface area (Å²) in [5.74, 6) is 1.42. The third-order valence-electron chi connectivity index (χ3n) is 2.99. The number of ether oxygens (including phenoxy) is 1. The molecule has 19 heavy (non-hydrogen) atoms. The lowest BCUT2D eigenvalue weighted by atomic mass is 10.2. The van der Waals surface area contributed by atoms with Crippen molar-refractivity contribution in [2.45, 2.75) is 6.92 Å². The molecule has 1 heterocycles. The molecule has 0 saturated carbocycles. The Labute approximate surface area is 110 Å². The highest BCUT2D eigenvalue weighted by Gasteiger charge is 2.02. The van der Waals surface area contributed by atoms with Crippen LogP contribution in [0.3, 0.4) is 0 Å². The topological polar surface area (TPSA) is 42.1 Å². The van der Waals surface area contributed by atoms with Gasteiger partial charge in [0.2, 0.25) is 0 Å². The molecule has 0 saturated heterocycles. The zero-order valence-corrected chi connectivity index (χ0v) is 10.5. The smallest absolute Gasteiger partial charge is 0.189 e. The highest BCUT2D eigenvalue weighted by atomic mass is 16.5. The van der Waals surface area contributed by atoms with Crippen LogP contribution in [0.1, 0.15) is 5.56 Å². The molecule has 3 heteroatoms. The van der Waals surface area contributed by atoms with E-state index in [0.29, 0.717) is 11.1 Å². The summed E-state index contributed by atoms with van der Waals surface area (Å²) in [7, 11) is 0. The summed E-state index contributed by atoms with van der Waals surface area (Å²) in [6, 6.07) is 14.8. The normalized spacial score (nSPS) is 10.6. The lowest BCUT2D eigenvalue weighted by Crippen LogP contribution is -1.99. The average molecular weight is 251 g/mol. The number of fused-ring (bicyclic) bond motifs is 1. The summed E-state index contributed by atoms with van der Waals surface area (Å²) in [5.41, 5.74) is 1.98. The number of nitrogens with one attached hydrogen (secondary N) is 1. The van der Waals surface area contributed by atoms with Gasteiger partial charge < -0.3 is 9.72 Å². The maximum atomic E-state index is 11.8. The van der Waals surface area contributed by atoms with Gasteiger partial charge in [-0.3, -0.25) is 4.79 Å². The van der Waals surface area contributed by atoms with Gasteiger partial charge in [0.1, 0.15) is 11.5 Å². The third-order valence-corrected chi connectivity index (χ3v) is 2.99. The van der Waals surface area contributed by atoms with E-state index in [0.717, 1.165) is 11.3 Å². The van der Waals surface area contributed by atoms with Crippen LogP contribution in [0.15, 0.2) is 59.5 Å². The van der Waals surface area contributed by atoms with Crippen molar-refractivity contribution in [2.75, 3.05) is 0 Å². The Bertz CT molecular complexity index is 773. The van der Waals surface area contributed by atoms with E-state index >= 15 is 0 Å². The van der Waals surface area contributed by atoms with Gasteiger partial charge in [-0.1, -0.05) is 17.7 Å². The predicted molar refractivity (Wildman–Crippen MR) is 75.8 cm³/mol. The van der Waals surface area contributed by atoms with E-state index in [1.165, 1.54) is 11.6 Å². The van der Waals surface area contributed by atoms with Crippen molar-refractivity contribution in [1.29, 1.82) is 0 Å². The lowest BCUT2D eigenvalue weighted by molar-refractivity contribution is 0.483. The Kier molecular flexibility index (Phi) is 2.80. The van der Waals surface area contributed by atoms with E-state index in [2.05, 4.69) is 4.98 Å². The first-order valence-electron chi connectivity index (χ1n) is 6.08. The van der Waals surface area contributed by atoms with Crippen molar-refractivity contribution >= 4 is 10.9 Å². The van der Waals surface area contributed by atoms with Gasteiger partial charge in [-0.2, -0.15) is 0 Å². The molecule has 1 N–H and O–H groups in total. The summed E-state index contributed by atoms with van der Waals surface area (Å²) in [6.45, 7) is 2.03. The molecule has 1 aromatic heterocycles. The highest BCUT2D eigenvalue weighted by Crippen LogP contribution is 2.23. The Morgan fingerprint density at radius 1 is 0.947 bits per heavy atom. The quantitative estimate of drug-likeness (QED) is 0.755. The first-order chi connectivity index (χ1) is 9.22. The number of aryl methyl sites for hydroxylation is 1. The second-order valence-electron chi connectivity index (χ2n) is 4.46. The highest BCUT2D eigenvalue weighted by molar-refractivity contribution is 5.79. The monoisotopic (exact) mass is 251 g/mol. The number of hydrogen-bond donors (Lipinski definition) is 1. The van der Waals surface area contributed by atoms with E-state index in [4.69, 9.17) is 4.74 Å². The van der Waals surface area contributed by atoms with E-state index in [-0.39, 0.29) is 5.43 Å². The van der Waals surface area contributed by atoms with Gasteiger partial charge in [-0.15, -0.1) is 0 Å². The number of benzene rings is 2. The lowest BCUT2D eigenvalue weighted by Gasteiger charge is -2.06. The van der Waals surface area contributed by atoms with Crippen molar-refractivity contribution < 1.29 is 4.74 Å². The molecular weight excluding hydrogens is 238 g/mol. The molecular formula is C16H13NO2. The zero-order chi connectivity index (χ0) is 13.2. The Hall–Kier alpha value is -2.55. The van der Waals surface area contributed by atoms with Crippen molar-refractivity contribution in [2.24, 2.45) is 0 Å². The molecule has 0 atom stereocenters. The standard InChI is InChI=1S/C16H13NO2/c1-11-2-4-12(5-3-11)19-13-6-7-15-14(10-13)16(18)8-9-17-15/h2-10H,1H3,(H,17,18). The van der Waals surface area contributed by atoms with E-state index in [9.17, 15) is 4.79 Å². The number of H-pyrrole nitrogens is 1. The van der Waals surface area contributed by atoms with Crippen LogP contribution in [0.2, 0.25) is 0 Å². The fourth-order valence-corrected chi connectivity index (χ4v) is 1.96. The van der Waals surface area contributed by atoms with Crippen LogP contribution in [-0.2, 0) is 0 Å². The molecule has 0 bridgehead atoms. The zero-order valence-electron chi connectivity index (χ0n) is 10.5. The summed E-state index contributed by atoms with van der Waals surface area (Å²) in [5, 5.41) is 0.632. The Morgan fingerprint density at radius 3 is 2.47 bits per heavy atom. The molecule has 94 valence electrons. The summed E-state index contributed by atoms with van der Waals surface area (Å²) >= 11 is 0. The molecule has 0 amide bonds. The molecule has 3 rings (SSSR count). The summed E-state index contributed by atoms with van der Waals surface area (Å²) in [6.07, 6.45) is 1.64. The van der Waals surface area contributed by atoms with E-state index in [1.54, 1.807) is 12.3 Å². The maximum Gasteiger partial charge on any atom is 0.189 e. The number of pyridine rings is 1. The predicted octanol–water partition coefficient (Wildman–Crippen LogP) is 3.63.